The number of phenolic OH excluding ortho intramolecular Hbond substituents is 1. The van der Waals surface area contributed by atoms with Crippen molar-refractivity contribution < 1.29 is 24.2 Å². The van der Waals surface area contributed by atoms with E-state index in [0.717, 1.165) is 0 Å². The molecule has 0 aliphatic rings. The number of methoxy groups -OCH3 is 1. The first kappa shape index (κ1) is 13.6. The number of ether oxygens (including phenoxy) is 2. The number of rotatable bonds is 5. The molecule has 0 spiro atoms. The highest BCUT2D eigenvalue weighted by atomic mass is 16.5. The van der Waals surface area contributed by atoms with Crippen LogP contribution in [0.5, 0.6) is 23.0 Å². The van der Waals surface area contributed by atoms with Gasteiger partial charge in [-0.05, 0) is 36.4 Å². The Kier molecular flexibility index (Phi) is 4.00. The molecule has 0 unspecified atom stereocenters. The van der Waals surface area contributed by atoms with Crippen LogP contribution in [0.15, 0.2) is 36.4 Å². The third-order valence-corrected chi connectivity index (χ3v) is 2.66. The second-order valence-corrected chi connectivity index (χ2v) is 3.98. The van der Waals surface area contributed by atoms with Crippen molar-refractivity contribution in [2.24, 2.45) is 0 Å². The van der Waals surface area contributed by atoms with Gasteiger partial charge >= 0.3 is 0 Å². The van der Waals surface area contributed by atoms with Gasteiger partial charge < -0.3 is 14.6 Å². The van der Waals surface area contributed by atoms with Gasteiger partial charge in [-0.1, -0.05) is 0 Å². The van der Waals surface area contributed by atoms with Crippen LogP contribution in [0.25, 0.3) is 0 Å². The number of carbonyl (C=O) groups excluding carboxylic acids is 2. The van der Waals surface area contributed by atoms with Gasteiger partial charge in [0.05, 0.1) is 7.11 Å². The molecular weight excluding hydrogens is 260 g/mol. The standard InChI is InChI=1S/C15H12O5/c1-19-15-7-11(9-17)3-5-13(15)20-14-6-10(8-16)2-4-12(14)18/h2-9,18H,1H3. The molecule has 0 aromatic heterocycles. The summed E-state index contributed by atoms with van der Waals surface area (Å²) < 4.78 is 10.6. The number of benzene rings is 2. The summed E-state index contributed by atoms with van der Waals surface area (Å²) in [6.45, 7) is 0. The summed E-state index contributed by atoms with van der Waals surface area (Å²) in [4.78, 5) is 21.4. The fourth-order valence-electron chi connectivity index (χ4n) is 1.65. The SMILES string of the molecule is COc1cc(C=O)ccc1Oc1cc(C=O)ccc1O. The molecule has 0 heterocycles. The van der Waals surface area contributed by atoms with Crippen LogP contribution in [-0.2, 0) is 0 Å². The number of aromatic hydroxyl groups is 1. The molecule has 0 saturated carbocycles. The number of carbonyl (C=O) groups is 2. The predicted molar refractivity (Wildman–Crippen MR) is 71.9 cm³/mol. The minimum atomic E-state index is -0.0999. The largest absolute Gasteiger partial charge is 0.504 e. The summed E-state index contributed by atoms with van der Waals surface area (Å²) >= 11 is 0. The average molecular weight is 272 g/mol. The van der Waals surface area contributed by atoms with Gasteiger partial charge in [0.1, 0.15) is 12.6 Å². The average Bonchev–Trinajstić information content (AvgIpc) is 2.49. The van der Waals surface area contributed by atoms with E-state index in [4.69, 9.17) is 9.47 Å². The maximum Gasteiger partial charge on any atom is 0.169 e. The third-order valence-electron chi connectivity index (χ3n) is 2.66. The normalized spacial score (nSPS) is 9.85. The summed E-state index contributed by atoms with van der Waals surface area (Å²) in [5.74, 6) is 0.714. The van der Waals surface area contributed by atoms with Crippen molar-refractivity contribution in [2.75, 3.05) is 7.11 Å². The Labute approximate surface area is 115 Å². The first-order valence-electron chi connectivity index (χ1n) is 5.77. The van der Waals surface area contributed by atoms with Gasteiger partial charge in [0, 0.05) is 11.1 Å². The third kappa shape index (κ3) is 2.77. The van der Waals surface area contributed by atoms with E-state index >= 15 is 0 Å². The Bertz CT molecular complexity index is 649. The minimum absolute atomic E-state index is 0.0999. The van der Waals surface area contributed by atoms with Gasteiger partial charge in [-0.3, -0.25) is 9.59 Å². The van der Waals surface area contributed by atoms with E-state index in [1.807, 2.05) is 0 Å². The van der Waals surface area contributed by atoms with Gasteiger partial charge in [0.2, 0.25) is 0 Å². The lowest BCUT2D eigenvalue weighted by atomic mass is 10.2. The van der Waals surface area contributed by atoms with Gasteiger partial charge in [-0.25, -0.2) is 0 Å². The maximum absolute atomic E-state index is 10.7. The van der Waals surface area contributed by atoms with E-state index in [-0.39, 0.29) is 11.5 Å². The zero-order valence-corrected chi connectivity index (χ0v) is 10.7. The summed E-state index contributed by atoms with van der Waals surface area (Å²) in [5.41, 5.74) is 0.821. The molecule has 0 fully saturated rings. The van der Waals surface area contributed by atoms with E-state index in [1.54, 1.807) is 12.1 Å². The van der Waals surface area contributed by atoms with Gasteiger partial charge in [-0.15, -0.1) is 0 Å². The molecule has 0 radical (unpaired) electrons. The molecule has 2 aromatic rings. The van der Waals surface area contributed by atoms with Crippen LogP contribution < -0.4 is 9.47 Å². The molecule has 0 atom stereocenters. The lowest BCUT2D eigenvalue weighted by molar-refractivity contribution is 0.111. The number of aldehydes is 2. The highest BCUT2D eigenvalue weighted by Crippen LogP contribution is 2.36. The second-order valence-electron chi connectivity index (χ2n) is 3.98. The van der Waals surface area contributed by atoms with Crippen LogP contribution in [0.2, 0.25) is 0 Å². The van der Waals surface area contributed by atoms with Crippen LogP contribution in [-0.4, -0.2) is 24.8 Å². The number of hydrogen-bond acceptors (Lipinski definition) is 5. The predicted octanol–water partition coefficient (Wildman–Crippen LogP) is 2.82. The minimum Gasteiger partial charge on any atom is -0.504 e. The van der Waals surface area contributed by atoms with Crippen LogP contribution in [0.3, 0.4) is 0 Å². The topological polar surface area (TPSA) is 72.8 Å². The second kappa shape index (κ2) is 5.88. The molecule has 0 aliphatic carbocycles. The molecule has 0 aliphatic heterocycles. The fourth-order valence-corrected chi connectivity index (χ4v) is 1.65. The molecule has 20 heavy (non-hydrogen) atoms. The maximum atomic E-state index is 10.7. The van der Waals surface area contributed by atoms with Gasteiger partial charge in [0.25, 0.3) is 0 Å². The molecule has 5 heteroatoms. The molecule has 2 aromatic carbocycles. The first-order valence-corrected chi connectivity index (χ1v) is 5.77. The van der Waals surface area contributed by atoms with Crippen LogP contribution >= 0.6 is 0 Å². The lowest BCUT2D eigenvalue weighted by Crippen LogP contribution is -1.93. The Balaban J connectivity index is 2.38. The van der Waals surface area contributed by atoms with Crippen molar-refractivity contribution in [3.8, 4) is 23.0 Å². The molecule has 102 valence electrons. The lowest BCUT2D eigenvalue weighted by Gasteiger charge is -2.12. The van der Waals surface area contributed by atoms with Crippen LogP contribution in [0.4, 0.5) is 0 Å². The molecule has 2 rings (SSSR count). The Morgan fingerprint density at radius 2 is 1.50 bits per heavy atom. The quantitative estimate of drug-likeness (QED) is 0.847. The molecular formula is C15H12O5. The number of phenols is 1. The van der Waals surface area contributed by atoms with Crippen LogP contribution in [0.1, 0.15) is 20.7 Å². The molecule has 0 bridgehead atoms. The summed E-state index contributed by atoms with van der Waals surface area (Å²) in [6.07, 6.45) is 1.34. The van der Waals surface area contributed by atoms with Crippen molar-refractivity contribution in [3.63, 3.8) is 0 Å². The smallest absolute Gasteiger partial charge is 0.169 e. The summed E-state index contributed by atoms with van der Waals surface area (Å²) in [5, 5.41) is 9.72. The summed E-state index contributed by atoms with van der Waals surface area (Å²) in [6, 6.07) is 8.88. The van der Waals surface area contributed by atoms with E-state index in [2.05, 4.69) is 0 Å². The summed E-state index contributed by atoms with van der Waals surface area (Å²) in [7, 11) is 1.44. The van der Waals surface area contributed by atoms with Crippen LogP contribution in [0, 0.1) is 0 Å². The van der Waals surface area contributed by atoms with Gasteiger partial charge in [-0.2, -0.15) is 0 Å². The first-order chi connectivity index (χ1) is 9.67. The molecule has 1 N–H and O–H groups in total. The van der Waals surface area contributed by atoms with Crippen molar-refractivity contribution in [1.29, 1.82) is 0 Å². The van der Waals surface area contributed by atoms with Crippen molar-refractivity contribution in [2.45, 2.75) is 0 Å². The number of hydrogen-bond donors (Lipinski definition) is 1. The van der Waals surface area contributed by atoms with Crippen molar-refractivity contribution >= 4 is 12.6 Å². The zero-order valence-electron chi connectivity index (χ0n) is 10.7. The molecule has 0 saturated heterocycles. The fraction of sp³-hybridized carbons (Fsp3) is 0.0667. The highest BCUT2D eigenvalue weighted by molar-refractivity contribution is 5.77. The Morgan fingerprint density at radius 1 is 0.900 bits per heavy atom. The van der Waals surface area contributed by atoms with E-state index in [0.29, 0.717) is 35.2 Å². The Morgan fingerprint density at radius 3 is 2.10 bits per heavy atom. The van der Waals surface area contributed by atoms with E-state index in [1.165, 1.54) is 31.4 Å². The van der Waals surface area contributed by atoms with Crippen molar-refractivity contribution in [3.05, 3.63) is 47.5 Å². The van der Waals surface area contributed by atoms with Crippen molar-refractivity contribution in [1.82, 2.24) is 0 Å². The molecule has 5 nitrogen and oxygen atoms in total. The highest BCUT2D eigenvalue weighted by Gasteiger charge is 2.10. The Hall–Kier alpha value is -2.82. The van der Waals surface area contributed by atoms with E-state index < -0.39 is 0 Å². The zero-order chi connectivity index (χ0) is 14.5. The van der Waals surface area contributed by atoms with Gasteiger partial charge in [0.15, 0.2) is 23.0 Å². The molecule has 0 amide bonds. The monoisotopic (exact) mass is 272 g/mol. The van der Waals surface area contributed by atoms with E-state index in [9.17, 15) is 14.7 Å².